The van der Waals surface area contributed by atoms with Crippen LogP contribution in [0.3, 0.4) is 0 Å². The Balaban J connectivity index is 1.77. The van der Waals surface area contributed by atoms with Crippen molar-refractivity contribution in [2.75, 3.05) is 57.8 Å². The zero-order valence-corrected chi connectivity index (χ0v) is 14.0. The lowest BCUT2D eigenvalue weighted by Crippen LogP contribution is -2.53. The molecule has 0 N–H and O–H groups in total. The van der Waals surface area contributed by atoms with Crippen molar-refractivity contribution < 1.29 is 4.79 Å². The number of thioether (sulfide) groups is 1. The summed E-state index contributed by atoms with van der Waals surface area (Å²) in [5.74, 6) is 2.25. The van der Waals surface area contributed by atoms with Crippen LogP contribution in [0.2, 0.25) is 0 Å². The number of carbonyl (C=O) groups excluding carboxylic acids is 1. The molecule has 2 saturated heterocycles. The second-order valence-electron chi connectivity index (χ2n) is 6.19. The lowest BCUT2D eigenvalue weighted by atomic mass is 10.0. The van der Waals surface area contributed by atoms with Crippen LogP contribution in [0.4, 0.5) is 0 Å². The summed E-state index contributed by atoms with van der Waals surface area (Å²) in [5, 5.41) is 0. The molecular weight excluding hydrogens is 270 g/mol. The summed E-state index contributed by atoms with van der Waals surface area (Å²) in [7, 11) is 0. The van der Waals surface area contributed by atoms with E-state index in [2.05, 4.69) is 23.0 Å². The van der Waals surface area contributed by atoms with E-state index < -0.39 is 0 Å². The molecule has 5 heteroatoms. The molecule has 0 unspecified atom stereocenters. The van der Waals surface area contributed by atoms with Crippen LogP contribution in [-0.4, -0.2) is 84.5 Å². The fourth-order valence-corrected chi connectivity index (χ4v) is 3.92. The third-order valence-electron chi connectivity index (χ3n) is 4.70. The van der Waals surface area contributed by atoms with Crippen molar-refractivity contribution in [2.45, 2.75) is 26.3 Å². The highest BCUT2D eigenvalue weighted by atomic mass is 32.2. The zero-order valence-electron chi connectivity index (χ0n) is 13.2. The first-order valence-electron chi connectivity index (χ1n) is 7.82. The van der Waals surface area contributed by atoms with Crippen molar-refractivity contribution in [2.24, 2.45) is 5.92 Å². The molecule has 2 fully saturated rings. The van der Waals surface area contributed by atoms with Gasteiger partial charge in [-0.2, -0.15) is 11.8 Å². The lowest BCUT2D eigenvalue weighted by molar-refractivity contribution is -0.130. The van der Waals surface area contributed by atoms with Crippen LogP contribution in [0.1, 0.15) is 20.3 Å². The predicted octanol–water partition coefficient (Wildman–Crippen LogP) is 1.22. The van der Waals surface area contributed by atoms with E-state index in [4.69, 9.17) is 0 Å². The van der Waals surface area contributed by atoms with E-state index in [1.807, 2.05) is 16.7 Å². The maximum absolute atomic E-state index is 11.4. The SMILES string of the molecule is CSCCCN1C[C@@H](C)[C@@H](N2CCN(C(C)=O)CC2)C1. The van der Waals surface area contributed by atoms with E-state index >= 15 is 0 Å². The van der Waals surface area contributed by atoms with Gasteiger partial charge in [0.2, 0.25) is 5.91 Å². The van der Waals surface area contributed by atoms with Crippen LogP contribution in [0, 0.1) is 5.92 Å². The van der Waals surface area contributed by atoms with E-state index in [-0.39, 0.29) is 5.91 Å². The molecule has 2 rings (SSSR count). The fraction of sp³-hybridized carbons (Fsp3) is 0.933. The first kappa shape index (κ1) is 16.1. The van der Waals surface area contributed by atoms with Gasteiger partial charge >= 0.3 is 0 Å². The van der Waals surface area contributed by atoms with Crippen molar-refractivity contribution in [1.82, 2.24) is 14.7 Å². The monoisotopic (exact) mass is 299 g/mol. The molecule has 0 aromatic carbocycles. The Morgan fingerprint density at radius 1 is 1.20 bits per heavy atom. The molecule has 0 bridgehead atoms. The van der Waals surface area contributed by atoms with Gasteiger partial charge in [-0.25, -0.2) is 0 Å². The largest absolute Gasteiger partial charge is 0.340 e. The van der Waals surface area contributed by atoms with Gasteiger partial charge in [0, 0.05) is 52.2 Å². The highest BCUT2D eigenvalue weighted by Crippen LogP contribution is 2.23. The average molecular weight is 299 g/mol. The number of hydrogen-bond donors (Lipinski definition) is 0. The number of carbonyl (C=O) groups is 1. The van der Waals surface area contributed by atoms with Crippen molar-refractivity contribution in [1.29, 1.82) is 0 Å². The fourth-order valence-electron chi connectivity index (χ4n) is 3.51. The first-order chi connectivity index (χ1) is 9.61. The smallest absolute Gasteiger partial charge is 0.219 e. The predicted molar refractivity (Wildman–Crippen MR) is 86.2 cm³/mol. The Morgan fingerprint density at radius 2 is 1.90 bits per heavy atom. The normalized spacial score (nSPS) is 29.1. The molecule has 0 radical (unpaired) electrons. The summed E-state index contributed by atoms with van der Waals surface area (Å²) in [6.07, 6.45) is 3.49. The molecule has 2 heterocycles. The summed E-state index contributed by atoms with van der Waals surface area (Å²) in [6.45, 7) is 11.7. The average Bonchev–Trinajstić information content (AvgIpc) is 2.80. The molecular formula is C15H29N3OS. The van der Waals surface area contributed by atoms with Gasteiger partial charge in [-0.15, -0.1) is 0 Å². The van der Waals surface area contributed by atoms with Crippen LogP contribution in [0.5, 0.6) is 0 Å². The minimum Gasteiger partial charge on any atom is -0.340 e. The molecule has 116 valence electrons. The third kappa shape index (κ3) is 4.12. The molecule has 0 saturated carbocycles. The van der Waals surface area contributed by atoms with E-state index in [1.54, 1.807) is 6.92 Å². The number of hydrogen-bond acceptors (Lipinski definition) is 4. The van der Waals surface area contributed by atoms with Gasteiger partial charge in [-0.1, -0.05) is 6.92 Å². The van der Waals surface area contributed by atoms with Crippen LogP contribution in [0.15, 0.2) is 0 Å². The van der Waals surface area contributed by atoms with E-state index in [0.29, 0.717) is 6.04 Å². The second kappa shape index (κ2) is 7.66. The summed E-state index contributed by atoms with van der Waals surface area (Å²) in [5.41, 5.74) is 0. The maximum atomic E-state index is 11.4. The van der Waals surface area contributed by atoms with Gasteiger partial charge < -0.3 is 9.80 Å². The molecule has 0 spiro atoms. The summed E-state index contributed by atoms with van der Waals surface area (Å²) in [4.78, 5) is 18.6. The molecule has 2 aliphatic rings. The highest BCUT2D eigenvalue weighted by molar-refractivity contribution is 7.98. The second-order valence-corrected chi connectivity index (χ2v) is 7.18. The Kier molecular flexibility index (Phi) is 6.18. The highest BCUT2D eigenvalue weighted by Gasteiger charge is 2.35. The van der Waals surface area contributed by atoms with E-state index in [0.717, 1.165) is 32.1 Å². The molecule has 2 aliphatic heterocycles. The van der Waals surface area contributed by atoms with E-state index in [9.17, 15) is 4.79 Å². The Hall–Kier alpha value is -0.260. The topological polar surface area (TPSA) is 26.8 Å². The van der Waals surface area contributed by atoms with Gasteiger partial charge in [-0.3, -0.25) is 9.69 Å². The van der Waals surface area contributed by atoms with Crippen LogP contribution in [-0.2, 0) is 4.79 Å². The van der Waals surface area contributed by atoms with Crippen molar-refractivity contribution in [3.05, 3.63) is 0 Å². The lowest BCUT2D eigenvalue weighted by Gasteiger charge is -2.39. The van der Waals surface area contributed by atoms with Crippen molar-refractivity contribution in [3.63, 3.8) is 0 Å². The van der Waals surface area contributed by atoms with Crippen LogP contribution in [0.25, 0.3) is 0 Å². The minimum atomic E-state index is 0.225. The number of amides is 1. The van der Waals surface area contributed by atoms with Gasteiger partial charge in [-0.05, 0) is 30.9 Å². The van der Waals surface area contributed by atoms with E-state index in [1.165, 1.54) is 31.8 Å². The number of rotatable bonds is 5. The number of nitrogens with zero attached hydrogens (tertiary/aromatic N) is 3. The Bertz CT molecular complexity index is 318. The van der Waals surface area contributed by atoms with Crippen LogP contribution >= 0.6 is 11.8 Å². The quantitative estimate of drug-likeness (QED) is 0.713. The standard InChI is InChI=1S/C15H29N3OS/c1-13-11-16(5-4-10-20-3)12-15(13)18-8-6-17(7-9-18)14(2)19/h13,15H,4-12H2,1-3H3/t13-,15+/m1/s1. The Labute approximate surface area is 127 Å². The summed E-state index contributed by atoms with van der Waals surface area (Å²) in [6, 6.07) is 0.693. The molecule has 2 atom stereocenters. The number of likely N-dealkylation sites (tertiary alicyclic amines) is 1. The van der Waals surface area contributed by atoms with Gasteiger partial charge in [0.1, 0.15) is 0 Å². The molecule has 0 aromatic rings. The third-order valence-corrected chi connectivity index (χ3v) is 5.40. The summed E-state index contributed by atoms with van der Waals surface area (Å²) >= 11 is 1.94. The first-order valence-corrected chi connectivity index (χ1v) is 9.22. The summed E-state index contributed by atoms with van der Waals surface area (Å²) < 4.78 is 0. The zero-order chi connectivity index (χ0) is 14.5. The van der Waals surface area contributed by atoms with Crippen molar-refractivity contribution in [3.8, 4) is 0 Å². The molecule has 20 heavy (non-hydrogen) atoms. The van der Waals surface area contributed by atoms with Gasteiger partial charge in [0.05, 0.1) is 0 Å². The molecule has 4 nitrogen and oxygen atoms in total. The molecule has 1 amide bonds. The van der Waals surface area contributed by atoms with Crippen LogP contribution < -0.4 is 0 Å². The number of piperazine rings is 1. The minimum absolute atomic E-state index is 0.225. The Morgan fingerprint density at radius 3 is 2.50 bits per heavy atom. The molecule has 0 aromatic heterocycles. The molecule has 0 aliphatic carbocycles. The van der Waals surface area contributed by atoms with Gasteiger partial charge in [0.25, 0.3) is 0 Å². The van der Waals surface area contributed by atoms with Crippen molar-refractivity contribution >= 4 is 17.7 Å². The van der Waals surface area contributed by atoms with Gasteiger partial charge in [0.15, 0.2) is 0 Å². The maximum Gasteiger partial charge on any atom is 0.219 e.